The Hall–Kier alpha value is -2.31. The van der Waals surface area contributed by atoms with Crippen molar-refractivity contribution in [3.8, 4) is 0 Å². The zero-order chi connectivity index (χ0) is 23.4. The maximum Gasteiger partial charge on any atom is 0.336 e. The van der Waals surface area contributed by atoms with Gasteiger partial charge in [0, 0.05) is 39.5 Å². The van der Waals surface area contributed by atoms with Crippen molar-refractivity contribution in [1.82, 2.24) is 5.32 Å². The minimum atomic E-state index is -0.426. The molecule has 0 saturated heterocycles. The summed E-state index contributed by atoms with van der Waals surface area (Å²) in [5.41, 5.74) is 5.00. The number of rotatable bonds is 7. The van der Waals surface area contributed by atoms with Gasteiger partial charge in [0.2, 0.25) is 0 Å². The average molecular weight is 526 g/mol. The number of Topliss-reactive ketones (excluding diaryl/α,β-unsaturated/α-hetero) is 1. The van der Waals surface area contributed by atoms with Crippen LogP contribution in [0.1, 0.15) is 49.7 Å². The maximum atomic E-state index is 13.6. The minimum Gasteiger partial charge on any atom is -0.461 e. The molecule has 6 heteroatoms. The van der Waals surface area contributed by atoms with Crippen LogP contribution in [0, 0.1) is 0 Å². The zero-order valence-electron chi connectivity index (χ0n) is 18.9. The topological polar surface area (TPSA) is 55.4 Å². The summed E-state index contributed by atoms with van der Waals surface area (Å²) in [4.78, 5) is 26.8. The summed E-state index contributed by atoms with van der Waals surface area (Å²) in [7, 11) is 0. The van der Waals surface area contributed by atoms with Crippen molar-refractivity contribution in [1.29, 1.82) is 0 Å². The second kappa shape index (κ2) is 10.7. The van der Waals surface area contributed by atoms with E-state index >= 15 is 0 Å². The van der Waals surface area contributed by atoms with Crippen molar-refractivity contribution in [2.75, 3.05) is 18.1 Å². The van der Waals surface area contributed by atoms with Crippen molar-refractivity contribution in [2.24, 2.45) is 0 Å². The molecule has 2 atom stereocenters. The first-order valence-electron chi connectivity index (χ1n) is 11.3. The summed E-state index contributed by atoms with van der Waals surface area (Å²) >= 11 is 5.23. The second-order valence-electron chi connectivity index (χ2n) is 8.31. The average Bonchev–Trinajstić information content (AvgIpc) is 2.82. The smallest absolute Gasteiger partial charge is 0.336 e. The molecule has 1 heterocycles. The van der Waals surface area contributed by atoms with Crippen LogP contribution in [-0.4, -0.2) is 29.9 Å². The van der Waals surface area contributed by atoms with Crippen molar-refractivity contribution >= 4 is 39.4 Å². The normalized spacial score (nSPS) is 20.4. The number of hydrogen-bond acceptors (Lipinski definition) is 5. The second-order valence-corrected chi connectivity index (χ2v) is 10.6. The van der Waals surface area contributed by atoms with Gasteiger partial charge < -0.3 is 10.1 Å². The van der Waals surface area contributed by atoms with Crippen LogP contribution in [0.5, 0.6) is 0 Å². The van der Waals surface area contributed by atoms with Crippen LogP contribution in [0.15, 0.2) is 81.6 Å². The van der Waals surface area contributed by atoms with Crippen LogP contribution in [0.3, 0.4) is 0 Å². The fourth-order valence-electron chi connectivity index (χ4n) is 4.67. The number of ketones is 1. The number of hydrogen-bond donors (Lipinski definition) is 1. The molecule has 0 saturated carbocycles. The molecule has 4 rings (SSSR count). The van der Waals surface area contributed by atoms with Gasteiger partial charge in [-0.3, -0.25) is 4.79 Å². The molecule has 0 aromatic heterocycles. The Bertz CT molecular complexity index is 1090. The van der Waals surface area contributed by atoms with Crippen molar-refractivity contribution in [3.63, 3.8) is 0 Å². The molecule has 2 aromatic carbocycles. The lowest BCUT2D eigenvalue weighted by molar-refractivity contribution is -0.138. The van der Waals surface area contributed by atoms with Crippen LogP contribution < -0.4 is 5.32 Å². The van der Waals surface area contributed by atoms with Gasteiger partial charge in [-0.05, 0) is 48.3 Å². The summed E-state index contributed by atoms with van der Waals surface area (Å²) in [6, 6.07) is 18.0. The van der Waals surface area contributed by atoms with E-state index in [1.165, 1.54) is 5.56 Å². The van der Waals surface area contributed by atoms with Gasteiger partial charge >= 0.3 is 5.97 Å². The van der Waals surface area contributed by atoms with Gasteiger partial charge in [0.1, 0.15) is 6.61 Å². The molecule has 0 spiro atoms. The van der Waals surface area contributed by atoms with Crippen molar-refractivity contribution in [2.45, 2.75) is 38.5 Å². The molecule has 0 unspecified atom stereocenters. The Balaban J connectivity index is 1.70. The first kappa shape index (κ1) is 23.8. The molecule has 172 valence electrons. The Morgan fingerprint density at radius 1 is 1.09 bits per heavy atom. The van der Waals surface area contributed by atoms with E-state index in [0.29, 0.717) is 24.2 Å². The van der Waals surface area contributed by atoms with E-state index in [-0.39, 0.29) is 17.7 Å². The molecule has 0 fully saturated rings. The highest BCUT2D eigenvalue weighted by Crippen LogP contribution is 2.45. The van der Waals surface area contributed by atoms with Gasteiger partial charge in [-0.1, -0.05) is 65.3 Å². The number of esters is 1. The number of dihydropyridines is 1. The number of nitrogens with one attached hydrogen (secondary N) is 1. The molecule has 33 heavy (non-hydrogen) atoms. The lowest BCUT2D eigenvalue weighted by Gasteiger charge is -2.36. The van der Waals surface area contributed by atoms with Crippen LogP contribution in [0.25, 0.3) is 0 Å². The van der Waals surface area contributed by atoms with E-state index in [4.69, 9.17) is 4.74 Å². The minimum absolute atomic E-state index is 0.0878. The first-order chi connectivity index (χ1) is 16.0. The van der Waals surface area contributed by atoms with Gasteiger partial charge in [-0.25, -0.2) is 4.79 Å². The SMILES string of the molecule is CCSCCOC(=O)C1=C(C)NC2=C(C(=O)C[C@@H](c3ccccc3)C2)[C@@H]1c1ccc(Br)cc1. The number of carbonyl (C=O) groups is 2. The predicted molar refractivity (Wildman–Crippen MR) is 137 cm³/mol. The van der Waals surface area contributed by atoms with E-state index in [0.717, 1.165) is 39.4 Å². The summed E-state index contributed by atoms with van der Waals surface area (Å²) < 4.78 is 6.59. The number of benzene rings is 2. The van der Waals surface area contributed by atoms with Crippen molar-refractivity contribution < 1.29 is 14.3 Å². The monoisotopic (exact) mass is 525 g/mol. The third-order valence-electron chi connectivity index (χ3n) is 6.19. The first-order valence-corrected chi connectivity index (χ1v) is 13.2. The quantitative estimate of drug-likeness (QED) is 0.349. The highest BCUT2D eigenvalue weighted by atomic mass is 79.9. The van der Waals surface area contributed by atoms with Crippen LogP contribution >= 0.6 is 27.7 Å². The molecule has 0 bridgehead atoms. The van der Waals surface area contributed by atoms with E-state index in [2.05, 4.69) is 40.3 Å². The Morgan fingerprint density at radius 3 is 2.52 bits per heavy atom. The highest BCUT2D eigenvalue weighted by molar-refractivity contribution is 9.10. The largest absolute Gasteiger partial charge is 0.461 e. The molecule has 1 aliphatic heterocycles. The summed E-state index contributed by atoms with van der Waals surface area (Å²) in [5.74, 6) is 1.18. The Kier molecular flexibility index (Phi) is 7.76. The fraction of sp³-hybridized carbons (Fsp3) is 0.333. The number of allylic oxidation sites excluding steroid dienone is 3. The van der Waals surface area contributed by atoms with E-state index in [1.807, 2.05) is 49.4 Å². The number of ether oxygens (including phenoxy) is 1. The third kappa shape index (κ3) is 5.28. The highest BCUT2D eigenvalue weighted by Gasteiger charge is 2.41. The maximum absolute atomic E-state index is 13.6. The van der Waals surface area contributed by atoms with Gasteiger partial charge in [0.05, 0.1) is 5.57 Å². The van der Waals surface area contributed by atoms with Gasteiger partial charge in [0.25, 0.3) is 0 Å². The lowest BCUT2D eigenvalue weighted by atomic mass is 9.72. The molecule has 2 aromatic rings. The summed E-state index contributed by atoms with van der Waals surface area (Å²) in [6.07, 6.45) is 1.18. The fourth-order valence-corrected chi connectivity index (χ4v) is 5.43. The van der Waals surface area contributed by atoms with Crippen molar-refractivity contribution in [3.05, 3.63) is 92.7 Å². The van der Waals surface area contributed by atoms with Crippen LogP contribution in [-0.2, 0) is 14.3 Å². The predicted octanol–water partition coefficient (Wildman–Crippen LogP) is 6.11. The molecule has 0 radical (unpaired) electrons. The summed E-state index contributed by atoms with van der Waals surface area (Å²) in [6.45, 7) is 4.35. The standard InChI is InChI=1S/C27H28BrNO3S/c1-3-33-14-13-32-27(31)24-17(2)29-22-15-20(18-7-5-4-6-8-18)16-23(30)26(22)25(24)19-9-11-21(28)12-10-19/h4-12,20,25,29H,3,13-16H2,1-2H3/t20-,25+/m0/s1. The van der Waals surface area contributed by atoms with Crippen LogP contribution in [0.2, 0.25) is 0 Å². The van der Waals surface area contributed by atoms with Gasteiger partial charge in [-0.2, -0.15) is 11.8 Å². The molecular weight excluding hydrogens is 498 g/mol. The molecule has 2 aliphatic rings. The van der Waals surface area contributed by atoms with Crippen LogP contribution in [0.4, 0.5) is 0 Å². The summed E-state index contributed by atoms with van der Waals surface area (Å²) in [5, 5.41) is 3.42. The van der Waals surface area contributed by atoms with Gasteiger partial charge in [-0.15, -0.1) is 0 Å². The Labute approximate surface area is 208 Å². The lowest BCUT2D eigenvalue weighted by Crippen LogP contribution is -2.36. The number of carbonyl (C=O) groups excluding carboxylic acids is 2. The van der Waals surface area contributed by atoms with E-state index in [9.17, 15) is 9.59 Å². The Morgan fingerprint density at radius 2 is 1.82 bits per heavy atom. The van der Waals surface area contributed by atoms with E-state index in [1.54, 1.807) is 11.8 Å². The third-order valence-corrected chi connectivity index (χ3v) is 7.58. The zero-order valence-corrected chi connectivity index (χ0v) is 21.3. The molecule has 0 amide bonds. The molecule has 1 aliphatic carbocycles. The number of thioether (sulfide) groups is 1. The molecular formula is C27H28BrNO3S. The molecule has 4 nitrogen and oxygen atoms in total. The molecule has 1 N–H and O–H groups in total. The van der Waals surface area contributed by atoms with E-state index < -0.39 is 5.92 Å². The number of halogens is 1. The van der Waals surface area contributed by atoms with Gasteiger partial charge in [0.15, 0.2) is 5.78 Å².